The molecule has 17 heavy (non-hydrogen) atoms. The molecule has 0 nitrogen and oxygen atoms in total. The number of rotatable bonds is 0. The fourth-order valence-electron chi connectivity index (χ4n) is 0. The second-order valence-electron chi connectivity index (χ2n) is 8.44. The van der Waals surface area contributed by atoms with Gasteiger partial charge < -0.3 is 0 Å². The van der Waals surface area contributed by atoms with Gasteiger partial charge in [-0.1, -0.05) is 85.1 Å². The highest BCUT2D eigenvalue weighted by molar-refractivity contribution is 6.75. The molecule has 0 aromatic heterocycles. The average molecular weight is 311 g/mol. The first kappa shape index (κ1) is 26.4. The molecule has 0 radical (unpaired) electrons. The van der Waals surface area contributed by atoms with E-state index < -0.39 is 16.1 Å². The molecule has 0 aromatic carbocycles. The highest BCUT2D eigenvalue weighted by Gasteiger charge is 1.99. The zero-order chi connectivity index (χ0) is 15.3. The molecule has 0 fully saturated rings. The van der Waals surface area contributed by atoms with Crippen molar-refractivity contribution in [3.8, 4) is 0 Å². The maximum atomic E-state index is 2.33. The summed E-state index contributed by atoms with van der Waals surface area (Å²) >= 11 is 0. The highest BCUT2D eigenvalue weighted by Crippen LogP contribution is 1.95. The van der Waals surface area contributed by atoms with Crippen LogP contribution < -0.4 is 0 Å². The Morgan fingerprint density at radius 3 is 0.588 bits per heavy atom. The molecule has 0 saturated heterocycles. The van der Waals surface area contributed by atoms with Gasteiger partial charge in [0.2, 0.25) is 0 Å². The van der Waals surface area contributed by atoms with E-state index in [0.29, 0.717) is 9.52 Å². The van der Waals surface area contributed by atoms with Crippen LogP contribution in [0.15, 0.2) is 0 Å². The molecule has 0 spiro atoms. The van der Waals surface area contributed by atoms with Gasteiger partial charge in [0.1, 0.15) is 0 Å². The molecule has 0 N–H and O–H groups in total. The van der Waals surface area contributed by atoms with Crippen LogP contribution in [0.2, 0.25) is 85.1 Å². The second-order valence-corrected chi connectivity index (χ2v) is 25.3. The molecule has 0 rings (SSSR count). The van der Waals surface area contributed by atoms with Crippen LogP contribution >= 0.6 is 0 Å². The van der Waals surface area contributed by atoms with Crippen molar-refractivity contribution in [3.05, 3.63) is 0 Å². The summed E-state index contributed by atoms with van der Waals surface area (Å²) in [5.41, 5.74) is 0. The van der Waals surface area contributed by atoms with Crippen molar-refractivity contribution in [2.45, 2.75) is 85.1 Å². The summed E-state index contributed by atoms with van der Waals surface area (Å²) in [5.74, 6) is 0. The molecule has 0 aliphatic heterocycles. The van der Waals surface area contributed by atoms with Crippen LogP contribution in [0.3, 0.4) is 0 Å². The van der Waals surface area contributed by atoms with Crippen LogP contribution in [-0.4, -0.2) is 34.5 Å². The topological polar surface area (TPSA) is 0 Å². The predicted molar refractivity (Wildman–Crippen MR) is 103 cm³/mol. The first-order valence-corrected chi connectivity index (χ1v) is 21.4. The summed E-state index contributed by atoms with van der Waals surface area (Å²) in [5, 5.41) is 0. The van der Waals surface area contributed by atoms with E-state index >= 15 is 0 Å². The molecule has 0 aromatic rings. The lowest BCUT2D eigenvalue weighted by molar-refractivity contribution is 1.71. The normalized spacial score (nSPS) is 10.2. The van der Waals surface area contributed by atoms with Gasteiger partial charge in [0.25, 0.3) is 0 Å². The van der Waals surface area contributed by atoms with Gasteiger partial charge in [0, 0.05) is 34.5 Å². The molecule has 110 valence electrons. The molecule has 0 aliphatic carbocycles. The van der Waals surface area contributed by atoms with Gasteiger partial charge >= 0.3 is 0 Å². The average Bonchev–Trinajstić information content (AvgIpc) is 1.74. The van der Waals surface area contributed by atoms with Crippen LogP contribution in [0.5, 0.6) is 0 Å². The van der Waals surface area contributed by atoms with Crippen molar-refractivity contribution in [1.82, 2.24) is 0 Å². The minimum Gasteiger partial charge on any atom is -0.0750 e. The number of hydrogen-bond donors (Lipinski definition) is 0. The zero-order valence-corrected chi connectivity index (χ0v) is 19.9. The van der Waals surface area contributed by atoms with Crippen molar-refractivity contribution in [1.29, 1.82) is 0 Å². The third kappa shape index (κ3) is 4950. The Hall–Kier alpha value is 0.868. The van der Waals surface area contributed by atoms with E-state index in [2.05, 4.69) is 85.1 Å². The van der Waals surface area contributed by atoms with E-state index in [1.165, 1.54) is 0 Å². The summed E-state index contributed by atoms with van der Waals surface area (Å²) in [6.07, 6.45) is 0. The highest BCUT2D eigenvalue weighted by atomic mass is 28.3. The zero-order valence-electron chi connectivity index (χ0n) is 15.3. The lowest BCUT2D eigenvalue weighted by atomic mass is 11.8. The monoisotopic (exact) mass is 310 g/mol. The first-order valence-electron chi connectivity index (χ1n) is 7.15. The van der Waals surface area contributed by atoms with Gasteiger partial charge in [-0.2, -0.15) is 0 Å². The molecule has 0 bridgehead atoms. The summed E-state index contributed by atoms with van der Waals surface area (Å²) in [6.45, 7) is 30.1. The maximum Gasteiger partial charge on any atom is 0.0411 e. The van der Waals surface area contributed by atoms with Gasteiger partial charge in [-0.3, -0.25) is 0 Å². The van der Waals surface area contributed by atoms with Crippen molar-refractivity contribution in [2.75, 3.05) is 0 Å². The van der Waals surface area contributed by atoms with E-state index in [1.54, 1.807) is 0 Å². The van der Waals surface area contributed by atoms with Crippen LogP contribution in [0.25, 0.3) is 0 Å². The van der Waals surface area contributed by atoms with Crippen LogP contribution in [0.4, 0.5) is 0 Å². The molecular formula is C13H42Si4. The standard InChI is InChI=1S/2C4H12Si.C3H10Si.C2H8Si/c2*1-5(2,3)4;1-4(2)3;1-3-2/h2*1-4H3;4H,1-3H3;3H2,1-2H3. The second kappa shape index (κ2) is 14.9. The summed E-state index contributed by atoms with van der Waals surface area (Å²) in [4.78, 5) is 0. The lowest BCUT2D eigenvalue weighted by Crippen LogP contribution is -2.10. The van der Waals surface area contributed by atoms with Gasteiger partial charge in [0.05, 0.1) is 0 Å². The van der Waals surface area contributed by atoms with Gasteiger partial charge in [-0.25, -0.2) is 0 Å². The third-order valence-corrected chi connectivity index (χ3v) is 0. The fourth-order valence-corrected chi connectivity index (χ4v) is 0. The van der Waals surface area contributed by atoms with E-state index in [-0.39, 0.29) is 8.80 Å². The van der Waals surface area contributed by atoms with Crippen molar-refractivity contribution in [3.63, 3.8) is 0 Å². The minimum atomic E-state index is -0.611. The quantitative estimate of drug-likeness (QED) is 0.535. The van der Waals surface area contributed by atoms with E-state index in [0.717, 1.165) is 0 Å². The molecule has 0 amide bonds. The Morgan fingerprint density at radius 1 is 0.588 bits per heavy atom. The molecular weight excluding hydrogens is 268 g/mol. The minimum absolute atomic E-state index is 0.139. The number of hydrogen-bond acceptors (Lipinski definition) is 0. The van der Waals surface area contributed by atoms with Crippen LogP contribution in [0.1, 0.15) is 0 Å². The predicted octanol–water partition coefficient (Wildman–Crippen LogP) is 5.26. The molecule has 0 atom stereocenters. The van der Waals surface area contributed by atoms with Crippen molar-refractivity contribution >= 4 is 34.5 Å². The van der Waals surface area contributed by atoms with Crippen LogP contribution in [0, 0.1) is 0 Å². The SMILES string of the molecule is C[SiH2]C.C[SiH](C)C.C[Si](C)(C)C.C[Si](C)(C)C. The van der Waals surface area contributed by atoms with Gasteiger partial charge in [-0.05, 0) is 0 Å². The lowest BCUT2D eigenvalue weighted by Gasteiger charge is -2.01. The van der Waals surface area contributed by atoms with Gasteiger partial charge in [0.15, 0.2) is 0 Å². The molecule has 0 saturated carbocycles. The largest absolute Gasteiger partial charge is 0.0750 e. The first-order chi connectivity index (χ1) is 7.15. The van der Waals surface area contributed by atoms with Crippen LogP contribution in [-0.2, 0) is 0 Å². The Kier molecular flexibility index (Phi) is 23.2. The molecule has 0 aliphatic rings. The van der Waals surface area contributed by atoms with E-state index in [1.807, 2.05) is 0 Å². The maximum absolute atomic E-state index is 2.33. The Labute approximate surface area is 119 Å². The molecule has 0 unspecified atom stereocenters. The third-order valence-electron chi connectivity index (χ3n) is 0. The Morgan fingerprint density at radius 2 is 0.588 bits per heavy atom. The molecule has 4 heteroatoms. The Balaban J connectivity index is -0.0000000676. The summed E-state index contributed by atoms with van der Waals surface area (Å²) in [6, 6.07) is 0. The van der Waals surface area contributed by atoms with Crippen molar-refractivity contribution in [2.24, 2.45) is 0 Å². The van der Waals surface area contributed by atoms with E-state index in [9.17, 15) is 0 Å². The summed E-state index contributed by atoms with van der Waals surface area (Å²) < 4.78 is 0. The summed E-state index contributed by atoms with van der Waals surface area (Å²) in [7, 11) is -0.944. The Bertz CT molecular complexity index is 93.6. The fraction of sp³-hybridized carbons (Fsp3) is 1.00. The van der Waals surface area contributed by atoms with Crippen molar-refractivity contribution < 1.29 is 0 Å². The smallest absolute Gasteiger partial charge is 0.0411 e. The van der Waals surface area contributed by atoms with Gasteiger partial charge in [-0.15, -0.1) is 0 Å². The molecule has 0 heterocycles. The van der Waals surface area contributed by atoms with E-state index in [4.69, 9.17) is 0 Å².